The van der Waals surface area contributed by atoms with E-state index in [-0.39, 0.29) is 18.2 Å². The molecule has 1 aliphatic heterocycles. The molecule has 1 unspecified atom stereocenters. The first-order valence-corrected chi connectivity index (χ1v) is 6.95. The summed E-state index contributed by atoms with van der Waals surface area (Å²) in [4.78, 5) is 23.2. The second kappa shape index (κ2) is 7.31. The molecule has 0 radical (unpaired) electrons. The molecule has 2 N–H and O–H groups in total. The van der Waals surface area contributed by atoms with Crippen LogP contribution in [-0.2, 0) is 9.59 Å². The van der Waals surface area contributed by atoms with Crippen LogP contribution in [0, 0.1) is 5.92 Å². The molecule has 6 nitrogen and oxygen atoms in total. The number of hydrazone groups is 2. The molecule has 1 atom stereocenters. The van der Waals surface area contributed by atoms with Crippen molar-refractivity contribution in [2.75, 3.05) is 0 Å². The number of amides is 2. The molecule has 1 aliphatic rings. The number of carbonyl (C=O) groups is 2. The maximum absolute atomic E-state index is 11.8. The largest absolute Gasteiger partial charge is 0.273 e. The molecule has 1 aromatic rings. The minimum atomic E-state index is -0.504. The molecule has 0 spiro atoms. The second-order valence-corrected chi connectivity index (χ2v) is 5.08. The van der Waals surface area contributed by atoms with Crippen LogP contribution in [0.15, 0.2) is 46.1 Å². The van der Waals surface area contributed by atoms with Gasteiger partial charge in [-0.05, 0) is 25.0 Å². The molecule has 0 aromatic heterocycles. The fraction of sp³-hybridized carbons (Fsp3) is 0.250. The number of rotatable bonds is 5. The number of hydrogen-bond acceptors (Lipinski definition) is 4. The zero-order valence-corrected chi connectivity index (χ0v) is 12.5. The van der Waals surface area contributed by atoms with E-state index >= 15 is 0 Å². The van der Waals surface area contributed by atoms with Crippen LogP contribution in [0.3, 0.4) is 0 Å². The average molecular weight is 298 g/mol. The van der Waals surface area contributed by atoms with Crippen molar-refractivity contribution in [3.05, 3.63) is 41.5 Å². The molecule has 0 bridgehead atoms. The van der Waals surface area contributed by atoms with Crippen molar-refractivity contribution >= 4 is 29.8 Å². The van der Waals surface area contributed by atoms with Crippen LogP contribution in [0.25, 0.3) is 6.08 Å². The molecular weight excluding hydrogens is 280 g/mol. The molecule has 114 valence electrons. The molecule has 22 heavy (non-hydrogen) atoms. The van der Waals surface area contributed by atoms with Gasteiger partial charge in [-0.2, -0.15) is 10.2 Å². The molecule has 0 fully saturated rings. The molecule has 6 heteroatoms. The van der Waals surface area contributed by atoms with Gasteiger partial charge < -0.3 is 0 Å². The lowest BCUT2D eigenvalue weighted by atomic mass is 10.0. The van der Waals surface area contributed by atoms with Gasteiger partial charge in [-0.1, -0.05) is 36.4 Å². The van der Waals surface area contributed by atoms with Crippen LogP contribution in [0.2, 0.25) is 0 Å². The minimum absolute atomic E-state index is 0.0416. The van der Waals surface area contributed by atoms with Crippen molar-refractivity contribution in [3.8, 4) is 0 Å². The molecule has 0 saturated carbocycles. The summed E-state index contributed by atoms with van der Waals surface area (Å²) in [6, 6.07) is 9.82. The summed E-state index contributed by atoms with van der Waals surface area (Å²) in [5.74, 6) is -1.08. The highest BCUT2D eigenvalue weighted by Gasteiger charge is 2.28. The van der Waals surface area contributed by atoms with Crippen molar-refractivity contribution in [3.63, 3.8) is 0 Å². The third kappa shape index (κ3) is 4.37. The monoisotopic (exact) mass is 298 g/mol. The Labute approximate surface area is 129 Å². The number of allylic oxidation sites excluding steroid dienone is 1. The maximum Gasteiger partial charge on any atom is 0.249 e. The summed E-state index contributed by atoms with van der Waals surface area (Å²) in [6.07, 6.45) is 3.57. The Morgan fingerprint density at radius 2 is 2.14 bits per heavy atom. The van der Waals surface area contributed by atoms with Gasteiger partial charge in [0.05, 0.1) is 12.1 Å². The molecule has 0 saturated heterocycles. The van der Waals surface area contributed by atoms with E-state index in [2.05, 4.69) is 21.1 Å². The van der Waals surface area contributed by atoms with Crippen molar-refractivity contribution < 1.29 is 9.59 Å². The summed E-state index contributed by atoms with van der Waals surface area (Å²) in [6.45, 7) is 3.61. The zero-order chi connectivity index (χ0) is 15.9. The standard InChI is InChI=1S/C16H18N4O2/c1-11(8-13-6-4-3-5-7-13)10-17-19-15(21)9-14-12(2)18-20-16(14)22/h3-8,10,14H,9H2,1-2H3,(H,19,21)(H,20,22). The Bertz CT molecular complexity index is 647. The first-order chi connectivity index (χ1) is 10.6. The topological polar surface area (TPSA) is 82.9 Å². The quantitative estimate of drug-likeness (QED) is 0.640. The molecule has 1 aromatic carbocycles. The highest BCUT2D eigenvalue weighted by molar-refractivity contribution is 6.09. The van der Waals surface area contributed by atoms with E-state index in [9.17, 15) is 9.59 Å². The summed E-state index contributed by atoms with van der Waals surface area (Å²) in [5, 5.41) is 7.69. The molecule has 2 rings (SSSR count). The van der Waals surface area contributed by atoms with E-state index in [1.807, 2.05) is 43.3 Å². The van der Waals surface area contributed by atoms with Crippen LogP contribution in [0.1, 0.15) is 25.8 Å². The van der Waals surface area contributed by atoms with Gasteiger partial charge in [0.15, 0.2) is 0 Å². The zero-order valence-electron chi connectivity index (χ0n) is 12.5. The van der Waals surface area contributed by atoms with Crippen LogP contribution in [0.4, 0.5) is 0 Å². The van der Waals surface area contributed by atoms with Crippen LogP contribution in [0.5, 0.6) is 0 Å². The fourth-order valence-electron chi connectivity index (χ4n) is 2.02. The van der Waals surface area contributed by atoms with Crippen LogP contribution >= 0.6 is 0 Å². The first kappa shape index (κ1) is 15.6. The van der Waals surface area contributed by atoms with Crippen LogP contribution in [-0.4, -0.2) is 23.7 Å². The first-order valence-electron chi connectivity index (χ1n) is 6.95. The van der Waals surface area contributed by atoms with Gasteiger partial charge in [-0.3, -0.25) is 9.59 Å². The Kier molecular flexibility index (Phi) is 5.19. The van der Waals surface area contributed by atoms with Crippen LogP contribution < -0.4 is 10.9 Å². The highest BCUT2D eigenvalue weighted by atomic mass is 16.2. The number of hydrogen-bond donors (Lipinski definition) is 2. The Balaban J connectivity index is 1.84. The second-order valence-electron chi connectivity index (χ2n) is 5.08. The number of nitrogens with one attached hydrogen (secondary N) is 2. The van der Waals surface area contributed by atoms with E-state index < -0.39 is 5.92 Å². The molecular formula is C16H18N4O2. The molecule has 0 aliphatic carbocycles. The highest BCUT2D eigenvalue weighted by Crippen LogP contribution is 2.11. The van der Waals surface area contributed by atoms with Crippen molar-refractivity contribution in [1.29, 1.82) is 0 Å². The van der Waals surface area contributed by atoms with E-state index in [4.69, 9.17) is 0 Å². The summed E-state index contributed by atoms with van der Waals surface area (Å²) in [5.41, 5.74) is 7.35. The van der Waals surface area contributed by atoms with Gasteiger partial charge in [0.2, 0.25) is 11.8 Å². The third-order valence-corrected chi connectivity index (χ3v) is 3.20. The van der Waals surface area contributed by atoms with Gasteiger partial charge in [0.25, 0.3) is 0 Å². The van der Waals surface area contributed by atoms with E-state index in [0.29, 0.717) is 5.71 Å². The van der Waals surface area contributed by atoms with Crippen molar-refractivity contribution in [1.82, 2.24) is 10.9 Å². The van der Waals surface area contributed by atoms with Gasteiger partial charge >= 0.3 is 0 Å². The number of benzene rings is 1. The van der Waals surface area contributed by atoms with Gasteiger partial charge in [-0.15, -0.1) is 0 Å². The normalized spacial score (nSPS) is 18.3. The molecule has 2 amide bonds. The number of carbonyl (C=O) groups excluding carboxylic acids is 2. The smallest absolute Gasteiger partial charge is 0.249 e. The van der Waals surface area contributed by atoms with Gasteiger partial charge in [-0.25, -0.2) is 10.9 Å². The fourth-order valence-corrected chi connectivity index (χ4v) is 2.02. The Morgan fingerprint density at radius 1 is 1.41 bits per heavy atom. The van der Waals surface area contributed by atoms with E-state index in [0.717, 1.165) is 11.1 Å². The van der Waals surface area contributed by atoms with E-state index in [1.165, 1.54) is 0 Å². The van der Waals surface area contributed by atoms with Crippen molar-refractivity contribution in [2.24, 2.45) is 16.1 Å². The maximum atomic E-state index is 11.8. The molecule has 1 heterocycles. The lowest BCUT2D eigenvalue weighted by Gasteiger charge is -2.05. The average Bonchev–Trinajstić information content (AvgIpc) is 2.80. The number of nitrogens with zero attached hydrogens (tertiary/aromatic N) is 2. The lowest BCUT2D eigenvalue weighted by molar-refractivity contribution is -0.127. The summed E-state index contributed by atoms with van der Waals surface area (Å²) < 4.78 is 0. The predicted octanol–water partition coefficient (Wildman–Crippen LogP) is 1.70. The van der Waals surface area contributed by atoms with Gasteiger partial charge in [0, 0.05) is 12.1 Å². The lowest BCUT2D eigenvalue weighted by Crippen LogP contribution is -2.29. The van der Waals surface area contributed by atoms with Crippen molar-refractivity contribution in [2.45, 2.75) is 20.3 Å². The SMILES string of the molecule is CC(C=NNC(=O)CC1C(=O)NN=C1C)=Cc1ccccc1. The van der Waals surface area contributed by atoms with Gasteiger partial charge in [0.1, 0.15) is 0 Å². The predicted molar refractivity (Wildman–Crippen MR) is 86.1 cm³/mol. The Hall–Kier alpha value is -2.76. The minimum Gasteiger partial charge on any atom is -0.273 e. The third-order valence-electron chi connectivity index (χ3n) is 3.20. The summed E-state index contributed by atoms with van der Waals surface area (Å²) in [7, 11) is 0. The van der Waals surface area contributed by atoms with E-state index in [1.54, 1.807) is 13.1 Å². The Morgan fingerprint density at radius 3 is 2.77 bits per heavy atom. The summed E-state index contributed by atoms with van der Waals surface area (Å²) >= 11 is 0.